The van der Waals surface area contributed by atoms with Crippen LogP contribution in [0.4, 0.5) is 0 Å². The minimum atomic E-state index is 0.638. The SMILES string of the molecule is COc1cc2c(cc1OC)/C(=C(\C#N)c1ccccc1)NCC2. The molecule has 1 heterocycles. The first-order valence-electron chi connectivity index (χ1n) is 7.47. The number of rotatable bonds is 3. The summed E-state index contributed by atoms with van der Waals surface area (Å²) in [5, 5.41) is 13.1. The van der Waals surface area contributed by atoms with E-state index in [1.807, 2.05) is 42.5 Å². The summed E-state index contributed by atoms with van der Waals surface area (Å²) in [6, 6.07) is 16.0. The van der Waals surface area contributed by atoms with Gasteiger partial charge in [0.1, 0.15) is 6.07 Å². The van der Waals surface area contributed by atoms with Crippen LogP contribution in [0.15, 0.2) is 42.5 Å². The van der Waals surface area contributed by atoms with Gasteiger partial charge in [-0.15, -0.1) is 0 Å². The number of nitrogens with one attached hydrogen (secondary N) is 1. The zero-order valence-corrected chi connectivity index (χ0v) is 13.2. The molecule has 0 aliphatic carbocycles. The topological polar surface area (TPSA) is 54.3 Å². The van der Waals surface area contributed by atoms with Crippen molar-refractivity contribution < 1.29 is 9.47 Å². The van der Waals surface area contributed by atoms with E-state index >= 15 is 0 Å². The lowest BCUT2D eigenvalue weighted by Gasteiger charge is -2.24. The van der Waals surface area contributed by atoms with Gasteiger partial charge in [0, 0.05) is 12.1 Å². The molecule has 0 unspecified atom stereocenters. The quantitative estimate of drug-likeness (QED) is 0.885. The second-order valence-corrected chi connectivity index (χ2v) is 5.27. The Morgan fingerprint density at radius 1 is 1.09 bits per heavy atom. The Morgan fingerprint density at radius 2 is 1.78 bits per heavy atom. The van der Waals surface area contributed by atoms with Crippen molar-refractivity contribution in [3.8, 4) is 17.6 Å². The summed E-state index contributed by atoms with van der Waals surface area (Å²) in [7, 11) is 3.25. The van der Waals surface area contributed by atoms with Crippen LogP contribution < -0.4 is 14.8 Å². The van der Waals surface area contributed by atoms with E-state index in [0.717, 1.165) is 35.4 Å². The third-order valence-corrected chi connectivity index (χ3v) is 4.00. The van der Waals surface area contributed by atoms with Crippen molar-refractivity contribution in [1.82, 2.24) is 5.32 Å². The van der Waals surface area contributed by atoms with E-state index in [-0.39, 0.29) is 0 Å². The van der Waals surface area contributed by atoms with Gasteiger partial charge in [0.2, 0.25) is 0 Å². The van der Waals surface area contributed by atoms with E-state index < -0.39 is 0 Å². The smallest absolute Gasteiger partial charge is 0.161 e. The summed E-state index contributed by atoms with van der Waals surface area (Å²) >= 11 is 0. The Balaban J connectivity index is 2.21. The van der Waals surface area contributed by atoms with E-state index in [1.54, 1.807) is 14.2 Å². The van der Waals surface area contributed by atoms with Gasteiger partial charge in [-0.2, -0.15) is 5.26 Å². The molecule has 0 fully saturated rings. The summed E-state index contributed by atoms with van der Waals surface area (Å²) in [6.45, 7) is 0.788. The van der Waals surface area contributed by atoms with Gasteiger partial charge < -0.3 is 14.8 Å². The van der Waals surface area contributed by atoms with Crippen LogP contribution in [0.2, 0.25) is 0 Å². The van der Waals surface area contributed by atoms with Gasteiger partial charge in [-0.1, -0.05) is 30.3 Å². The van der Waals surface area contributed by atoms with Gasteiger partial charge in [-0.3, -0.25) is 0 Å². The van der Waals surface area contributed by atoms with Crippen LogP contribution in [-0.4, -0.2) is 20.8 Å². The van der Waals surface area contributed by atoms with Gasteiger partial charge in [-0.25, -0.2) is 0 Å². The average Bonchev–Trinajstić information content (AvgIpc) is 2.62. The number of hydrogen-bond acceptors (Lipinski definition) is 4. The maximum Gasteiger partial charge on any atom is 0.161 e. The predicted octanol–water partition coefficient (Wildman–Crippen LogP) is 3.24. The van der Waals surface area contributed by atoms with Crippen LogP contribution in [0.3, 0.4) is 0 Å². The number of allylic oxidation sites excluding steroid dienone is 1. The molecule has 0 saturated carbocycles. The summed E-state index contributed by atoms with van der Waals surface area (Å²) in [5.74, 6) is 1.38. The summed E-state index contributed by atoms with van der Waals surface area (Å²) in [4.78, 5) is 0. The molecule has 116 valence electrons. The Bertz CT molecular complexity index is 789. The largest absolute Gasteiger partial charge is 0.493 e. The molecule has 23 heavy (non-hydrogen) atoms. The molecule has 4 nitrogen and oxygen atoms in total. The molecule has 1 aliphatic heterocycles. The third kappa shape index (κ3) is 2.74. The Hall–Kier alpha value is -2.93. The first-order chi connectivity index (χ1) is 11.3. The molecule has 1 aliphatic rings. The number of ether oxygens (including phenoxy) is 2. The minimum absolute atomic E-state index is 0.638. The molecule has 3 rings (SSSR count). The normalized spacial score (nSPS) is 15.0. The highest BCUT2D eigenvalue weighted by molar-refractivity contribution is 5.98. The summed E-state index contributed by atoms with van der Waals surface area (Å²) < 4.78 is 10.8. The monoisotopic (exact) mass is 306 g/mol. The second-order valence-electron chi connectivity index (χ2n) is 5.27. The van der Waals surface area contributed by atoms with Gasteiger partial charge >= 0.3 is 0 Å². The third-order valence-electron chi connectivity index (χ3n) is 4.00. The number of nitriles is 1. The molecule has 0 amide bonds. The van der Waals surface area contributed by atoms with Crippen LogP contribution >= 0.6 is 0 Å². The molecular formula is C19H18N2O2. The lowest BCUT2D eigenvalue weighted by Crippen LogP contribution is -2.24. The Kier molecular flexibility index (Phi) is 4.20. The number of hydrogen-bond donors (Lipinski definition) is 1. The molecular weight excluding hydrogens is 288 g/mol. The highest BCUT2D eigenvalue weighted by atomic mass is 16.5. The van der Waals surface area contributed by atoms with Crippen molar-refractivity contribution in [1.29, 1.82) is 5.26 Å². The zero-order valence-electron chi connectivity index (χ0n) is 13.2. The van der Waals surface area contributed by atoms with E-state index in [2.05, 4.69) is 11.4 Å². The fourth-order valence-corrected chi connectivity index (χ4v) is 2.87. The molecule has 1 N–H and O–H groups in total. The van der Waals surface area contributed by atoms with Crippen LogP contribution in [0.1, 0.15) is 16.7 Å². The van der Waals surface area contributed by atoms with Crippen molar-refractivity contribution in [3.63, 3.8) is 0 Å². The average molecular weight is 306 g/mol. The maximum atomic E-state index is 9.68. The molecule has 0 atom stereocenters. The predicted molar refractivity (Wildman–Crippen MR) is 90.1 cm³/mol. The highest BCUT2D eigenvalue weighted by Crippen LogP contribution is 2.37. The molecule has 4 heteroatoms. The maximum absolute atomic E-state index is 9.68. The van der Waals surface area contributed by atoms with Crippen LogP contribution in [-0.2, 0) is 6.42 Å². The Morgan fingerprint density at radius 3 is 2.43 bits per heavy atom. The molecule has 0 spiro atoms. The number of methoxy groups -OCH3 is 2. The first-order valence-corrected chi connectivity index (χ1v) is 7.47. The van der Waals surface area contributed by atoms with Crippen molar-refractivity contribution in [2.24, 2.45) is 0 Å². The van der Waals surface area contributed by atoms with Gasteiger partial charge in [0.05, 0.1) is 25.5 Å². The standard InChI is InChI=1S/C19H18N2O2/c1-22-17-10-14-8-9-21-19(15(14)11-18(17)23-2)16(12-20)13-6-4-3-5-7-13/h3-7,10-11,21H,8-9H2,1-2H3/b19-16-. The van der Waals surface area contributed by atoms with E-state index in [4.69, 9.17) is 9.47 Å². The van der Waals surface area contributed by atoms with Crippen LogP contribution in [0.25, 0.3) is 11.3 Å². The van der Waals surface area contributed by atoms with E-state index in [9.17, 15) is 5.26 Å². The van der Waals surface area contributed by atoms with Gasteiger partial charge in [-0.05, 0) is 29.7 Å². The lowest BCUT2D eigenvalue weighted by atomic mass is 9.92. The van der Waals surface area contributed by atoms with Crippen LogP contribution in [0, 0.1) is 11.3 Å². The summed E-state index contributed by atoms with van der Waals surface area (Å²) in [6.07, 6.45) is 0.882. The summed E-state index contributed by atoms with van der Waals surface area (Å²) in [5.41, 5.74) is 4.54. The second kappa shape index (κ2) is 6.45. The van der Waals surface area contributed by atoms with Crippen molar-refractivity contribution in [3.05, 3.63) is 59.2 Å². The number of nitrogens with zero attached hydrogens (tertiary/aromatic N) is 1. The first kappa shape index (κ1) is 15.0. The fourth-order valence-electron chi connectivity index (χ4n) is 2.87. The lowest BCUT2D eigenvalue weighted by molar-refractivity contribution is 0.354. The number of fused-ring (bicyclic) bond motifs is 1. The minimum Gasteiger partial charge on any atom is -0.493 e. The van der Waals surface area contributed by atoms with Crippen LogP contribution in [0.5, 0.6) is 11.5 Å². The molecule has 0 saturated heterocycles. The number of benzene rings is 2. The van der Waals surface area contributed by atoms with Gasteiger partial charge in [0.25, 0.3) is 0 Å². The highest BCUT2D eigenvalue weighted by Gasteiger charge is 2.21. The van der Waals surface area contributed by atoms with E-state index in [0.29, 0.717) is 17.1 Å². The Labute approximate surface area is 136 Å². The van der Waals surface area contributed by atoms with Gasteiger partial charge in [0.15, 0.2) is 11.5 Å². The molecule has 2 aromatic carbocycles. The van der Waals surface area contributed by atoms with Crippen molar-refractivity contribution >= 4 is 11.3 Å². The van der Waals surface area contributed by atoms with Crippen molar-refractivity contribution in [2.75, 3.05) is 20.8 Å². The molecule has 0 bridgehead atoms. The molecule has 0 aromatic heterocycles. The van der Waals surface area contributed by atoms with E-state index in [1.165, 1.54) is 0 Å². The molecule has 2 aromatic rings. The van der Waals surface area contributed by atoms with Crippen molar-refractivity contribution in [2.45, 2.75) is 6.42 Å². The molecule has 0 radical (unpaired) electrons. The zero-order chi connectivity index (χ0) is 16.2. The fraction of sp³-hybridized carbons (Fsp3) is 0.211.